The fourth-order valence-electron chi connectivity index (χ4n) is 2.67. The Balaban J connectivity index is 2.62. The summed E-state index contributed by atoms with van der Waals surface area (Å²) in [6, 6.07) is 7.56. The van der Waals surface area contributed by atoms with Crippen LogP contribution in [-0.4, -0.2) is 34.8 Å². The Bertz CT molecular complexity index is 1030. The van der Waals surface area contributed by atoms with Crippen LogP contribution in [0.3, 0.4) is 0 Å². The van der Waals surface area contributed by atoms with Gasteiger partial charge in [0.1, 0.15) is 5.82 Å². The van der Waals surface area contributed by atoms with Crippen molar-refractivity contribution in [1.29, 1.82) is 0 Å². The Hall–Kier alpha value is -1.63. The predicted octanol–water partition coefficient (Wildman–Crippen LogP) is 6.87. The number of benzene rings is 2. The molecule has 0 fully saturated rings. The number of hydrogen-bond acceptors (Lipinski definition) is 3. The van der Waals surface area contributed by atoms with Crippen molar-refractivity contribution in [1.82, 2.24) is 4.90 Å². The molecule has 0 N–H and O–H groups in total. The van der Waals surface area contributed by atoms with Crippen molar-refractivity contribution in [3.8, 4) is 0 Å². The van der Waals surface area contributed by atoms with Crippen molar-refractivity contribution in [3.05, 3.63) is 51.8 Å². The van der Waals surface area contributed by atoms with E-state index in [-0.39, 0.29) is 10.9 Å². The van der Waals surface area contributed by atoms with Gasteiger partial charge in [-0.3, -0.25) is 0 Å². The first-order chi connectivity index (χ1) is 13.6. The molecule has 0 saturated carbocycles. The molecule has 0 aromatic heterocycles. The summed E-state index contributed by atoms with van der Waals surface area (Å²) < 4.78 is 31.9. The van der Waals surface area contributed by atoms with Crippen LogP contribution in [-0.2, 0) is 9.73 Å². The van der Waals surface area contributed by atoms with E-state index in [4.69, 9.17) is 23.2 Å². The molecular weight excluding hydrogens is 432 g/mol. The molecular formula is C21H26Cl2FN3OS. The molecule has 1 atom stereocenters. The average molecular weight is 458 g/mol. The minimum Gasteiger partial charge on any atom is -0.366 e. The third kappa shape index (κ3) is 6.17. The molecule has 4 nitrogen and oxygen atoms in total. The van der Waals surface area contributed by atoms with Gasteiger partial charge in [0.2, 0.25) is 0 Å². The van der Waals surface area contributed by atoms with Crippen LogP contribution in [0.4, 0.5) is 15.8 Å². The van der Waals surface area contributed by atoms with Gasteiger partial charge >= 0.3 is 0 Å². The molecule has 2 rings (SSSR count). The van der Waals surface area contributed by atoms with Crippen molar-refractivity contribution in [3.63, 3.8) is 0 Å². The highest BCUT2D eigenvalue weighted by atomic mass is 35.5. The van der Waals surface area contributed by atoms with Crippen molar-refractivity contribution < 1.29 is 8.60 Å². The van der Waals surface area contributed by atoms with Crippen LogP contribution >= 0.6 is 23.2 Å². The van der Waals surface area contributed by atoms with Gasteiger partial charge in [-0.15, -0.1) is 0 Å². The lowest BCUT2D eigenvalue weighted by atomic mass is 10.2. The summed E-state index contributed by atoms with van der Waals surface area (Å²) in [5.41, 5.74) is 1.75. The number of aryl methyl sites for hydroxylation is 1. The average Bonchev–Trinajstić information content (AvgIpc) is 2.64. The summed E-state index contributed by atoms with van der Waals surface area (Å²) in [5, 5.41) is 0.340. The van der Waals surface area contributed by atoms with E-state index in [1.165, 1.54) is 18.2 Å². The van der Waals surface area contributed by atoms with E-state index in [1.807, 2.05) is 45.7 Å². The second kappa shape index (κ2) is 9.92. The van der Waals surface area contributed by atoms with Gasteiger partial charge in [-0.1, -0.05) is 37.0 Å². The minimum atomic E-state index is -2.86. The predicted molar refractivity (Wildman–Crippen MR) is 122 cm³/mol. The molecule has 0 aliphatic carbocycles. The SMILES string of the molecule is CCN(C)/C=N\c1cc(C)c(S(=O)(CC(C)C)=Nc2ccc(F)c(Cl)c2)cc1Cl. The largest absolute Gasteiger partial charge is 0.366 e. The van der Waals surface area contributed by atoms with Gasteiger partial charge in [-0.2, -0.15) is 4.36 Å². The zero-order valence-corrected chi connectivity index (χ0v) is 19.6. The summed E-state index contributed by atoms with van der Waals surface area (Å²) in [4.78, 5) is 6.89. The second-order valence-electron chi connectivity index (χ2n) is 7.28. The highest BCUT2D eigenvalue weighted by Gasteiger charge is 2.20. The van der Waals surface area contributed by atoms with Crippen LogP contribution < -0.4 is 0 Å². The van der Waals surface area contributed by atoms with Gasteiger partial charge in [-0.05, 0) is 55.7 Å². The van der Waals surface area contributed by atoms with Crippen LogP contribution in [0, 0.1) is 18.7 Å². The molecule has 2 aromatic rings. The Morgan fingerprint density at radius 3 is 2.48 bits per heavy atom. The van der Waals surface area contributed by atoms with Gasteiger partial charge in [0, 0.05) is 19.3 Å². The molecule has 158 valence electrons. The van der Waals surface area contributed by atoms with Crippen molar-refractivity contribution >= 4 is 50.6 Å². The summed E-state index contributed by atoms with van der Waals surface area (Å²) in [7, 11) is -0.941. The van der Waals surface area contributed by atoms with Crippen LogP contribution in [0.1, 0.15) is 26.3 Å². The van der Waals surface area contributed by atoms with E-state index in [0.29, 0.717) is 27.0 Å². The normalized spacial score (nSPS) is 13.7. The molecule has 0 aliphatic rings. The maximum Gasteiger partial charge on any atom is 0.141 e. The van der Waals surface area contributed by atoms with Crippen LogP contribution in [0.2, 0.25) is 10.0 Å². The van der Waals surface area contributed by atoms with E-state index in [2.05, 4.69) is 9.36 Å². The molecule has 0 amide bonds. The summed E-state index contributed by atoms with van der Waals surface area (Å²) in [5.74, 6) is -0.0870. The summed E-state index contributed by atoms with van der Waals surface area (Å²) in [6.07, 6.45) is 1.70. The fraction of sp³-hybridized carbons (Fsp3) is 0.381. The fourth-order valence-corrected chi connectivity index (χ4v) is 5.70. The second-order valence-corrected chi connectivity index (χ2v) is 10.3. The molecule has 29 heavy (non-hydrogen) atoms. The summed E-state index contributed by atoms with van der Waals surface area (Å²) >= 11 is 12.3. The number of nitrogens with zero attached hydrogens (tertiary/aromatic N) is 3. The number of hydrogen-bond donors (Lipinski definition) is 0. The first-order valence-electron chi connectivity index (χ1n) is 9.30. The Kier molecular flexibility index (Phi) is 8.09. The Labute approximate surface area is 182 Å². The molecule has 0 bridgehead atoms. The van der Waals surface area contributed by atoms with E-state index >= 15 is 0 Å². The highest BCUT2D eigenvalue weighted by Crippen LogP contribution is 2.34. The Morgan fingerprint density at radius 2 is 1.90 bits per heavy atom. The molecule has 0 radical (unpaired) electrons. The zero-order valence-electron chi connectivity index (χ0n) is 17.2. The number of rotatable bonds is 7. The van der Waals surface area contributed by atoms with Gasteiger partial charge in [0.15, 0.2) is 0 Å². The van der Waals surface area contributed by atoms with Gasteiger partial charge in [0.05, 0.1) is 42.4 Å². The molecule has 2 aromatic carbocycles. The molecule has 8 heteroatoms. The van der Waals surface area contributed by atoms with Crippen LogP contribution in [0.15, 0.2) is 44.6 Å². The molecule has 0 saturated heterocycles. The molecule has 0 heterocycles. The van der Waals surface area contributed by atoms with E-state index in [9.17, 15) is 8.60 Å². The number of aliphatic imine (C=N–C) groups is 1. The number of halogens is 3. The van der Waals surface area contributed by atoms with E-state index in [0.717, 1.165) is 12.1 Å². The minimum absolute atomic E-state index is 0.0583. The third-order valence-electron chi connectivity index (χ3n) is 4.20. The quantitative estimate of drug-likeness (QED) is 0.336. The Morgan fingerprint density at radius 1 is 1.21 bits per heavy atom. The van der Waals surface area contributed by atoms with Crippen LogP contribution in [0.5, 0.6) is 0 Å². The van der Waals surface area contributed by atoms with Crippen LogP contribution in [0.25, 0.3) is 0 Å². The lowest BCUT2D eigenvalue weighted by Gasteiger charge is -2.17. The first-order valence-corrected chi connectivity index (χ1v) is 11.7. The third-order valence-corrected chi connectivity index (χ3v) is 7.54. The van der Waals surface area contributed by atoms with E-state index in [1.54, 1.807) is 12.4 Å². The molecule has 1 unspecified atom stereocenters. The summed E-state index contributed by atoms with van der Waals surface area (Å²) in [6.45, 7) is 8.65. The lowest BCUT2D eigenvalue weighted by Crippen LogP contribution is -2.14. The van der Waals surface area contributed by atoms with Crippen molar-refractivity contribution in [2.75, 3.05) is 19.3 Å². The lowest BCUT2D eigenvalue weighted by molar-refractivity contribution is 0.552. The zero-order chi connectivity index (χ0) is 21.8. The monoisotopic (exact) mass is 457 g/mol. The molecule has 0 spiro atoms. The van der Waals surface area contributed by atoms with Crippen molar-refractivity contribution in [2.45, 2.75) is 32.6 Å². The smallest absolute Gasteiger partial charge is 0.141 e. The van der Waals surface area contributed by atoms with Gasteiger partial charge in [0.25, 0.3) is 0 Å². The van der Waals surface area contributed by atoms with Gasteiger partial charge in [-0.25, -0.2) is 13.6 Å². The topological polar surface area (TPSA) is 45.0 Å². The van der Waals surface area contributed by atoms with Crippen molar-refractivity contribution in [2.24, 2.45) is 15.3 Å². The first kappa shape index (κ1) is 23.6. The maximum atomic E-state index is 14.0. The molecule has 0 aliphatic heterocycles. The highest BCUT2D eigenvalue weighted by molar-refractivity contribution is 7.93. The standard InChI is InChI=1S/C21H26Cl2FN3OS/c1-6-27(5)13-25-20-9-15(4)21(11-18(20)23)29(28,12-14(2)3)26-16-7-8-19(24)17(22)10-16/h7-11,13-14H,6,12H2,1-5H3/b25-13-. The van der Waals surface area contributed by atoms with E-state index < -0.39 is 15.5 Å². The van der Waals surface area contributed by atoms with Gasteiger partial charge < -0.3 is 4.90 Å². The maximum absolute atomic E-state index is 14.0.